The van der Waals surface area contributed by atoms with Crippen molar-refractivity contribution in [1.82, 2.24) is 5.32 Å². The number of benzene rings is 1. The van der Waals surface area contributed by atoms with Crippen molar-refractivity contribution in [1.29, 1.82) is 0 Å². The van der Waals surface area contributed by atoms with Crippen LogP contribution in [0.15, 0.2) is 18.2 Å². The predicted molar refractivity (Wildman–Crippen MR) is 77.8 cm³/mol. The molecule has 0 saturated heterocycles. The van der Waals surface area contributed by atoms with Gasteiger partial charge in [-0.15, -0.1) is 0 Å². The van der Waals surface area contributed by atoms with Crippen LogP contribution < -0.4 is 5.32 Å². The van der Waals surface area contributed by atoms with E-state index in [1.807, 2.05) is 11.8 Å². The first-order chi connectivity index (χ1) is 8.20. The third-order valence-electron chi connectivity index (χ3n) is 3.62. The number of fused-ring (bicyclic) bond motifs is 1. The molecule has 0 aromatic heterocycles. The average Bonchev–Trinajstić information content (AvgIpc) is 2.69. The Labute approximate surface area is 109 Å². The molecule has 0 amide bonds. The van der Waals surface area contributed by atoms with E-state index in [-0.39, 0.29) is 0 Å². The van der Waals surface area contributed by atoms with Crippen LogP contribution in [-0.4, -0.2) is 18.1 Å². The first-order valence-electron chi connectivity index (χ1n) is 6.55. The SMILES string of the molecule is CSCCC(C)NC1CCc2ccc(C)cc21. The second kappa shape index (κ2) is 5.92. The van der Waals surface area contributed by atoms with Crippen LogP contribution in [0.25, 0.3) is 0 Å². The van der Waals surface area contributed by atoms with E-state index in [1.165, 1.54) is 30.6 Å². The molecule has 1 nitrogen and oxygen atoms in total. The number of thioether (sulfide) groups is 1. The van der Waals surface area contributed by atoms with Gasteiger partial charge in [-0.1, -0.05) is 23.8 Å². The molecule has 1 aliphatic rings. The normalized spacial score (nSPS) is 20.3. The quantitative estimate of drug-likeness (QED) is 0.853. The summed E-state index contributed by atoms with van der Waals surface area (Å²) in [5.74, 6) is 1.25. The van der Waals surface area contributed by atoms with Crippen molar-refractivity contribution < 1.29 is 0 Å². The zero-order valence-electron chi connectivity index (χ0n) is 11.1. The van der Waals surface area contributed by atoms with Gasteiger partial charge in [-0.05, 0) is 56.2 Å². The molecule has 0 bridgehead atoms. The maximum atomic E-state index is 3.78. The highest BCUT2D eigenvalue weighted by molar-refractivity contribution is 7.98. The molecule has 0 spiro atoms. The minimum absolute atomic E-state index is 0.585. The van der Waals surface area contributed by atoms with Crippen LogP contribution >= 0.6 is 11.8 Å². The molecule has 0 aliphatic heterocycles. The van der Waals surface area contributed by atoms with Crippen LogP contribution in [0.1, 0.15) is 42.5 Å². The van der Waals surface area contributed by atoms with Gasteiger partial charge in [0.1, 0.15) is 0 Å². The molecule has 2 atom stereocenters. The van der Waals surface area contributed by atoms with Crippen molar-refractivity contribution in [2.75, 3.05) is 12.0 Å². The monoisotopic (exact) mass is 249 g/mol. The number of nitrogens with one attached hydrogen (secondary N) is 1. The van der Waals surface area contributed by atoms with Crippen molar-refractivity contribution in [3.63, 3.8) is 0 Å². The van der Waals surface area contributed by atoms with E-state index in [1.54, 1.807) is 11.1 Å². The van der Waals surface area contributed by atoms with Crippen molar-refractivity contribution in [3.05, 3.63) is 34.9 Å². The van der Waals surface area contributed by atoms with E-state index in [0.29, 0.717) is 12.1 Å². The molecular weight excluding hydrogens is 226 g/mol. The van der Waals surface area contributed by atoms with Crippen LogP contribution in [0, 0.1) is 6.92 Å². The Balaban J connectivity index is 1.99. The second-order valence-corrected chi connectivity index (χ2v) is 6.13. The molecule has 1 aromatic rings. The molecule has 1 aliphatic carbocycles. The van der Waals surface area contributed by atoms with E-state index in [2.05, 4.69) is 43.6 Å². The summed E-state index contributed by atoms with van der Waals surface area (Å²) in [5.41, 5.74) is 4.47. The predicted octanol–water partition coefficient (Wildman–Crippen LogP) is 3.71. The lowest BCUT2D eigenvalue weighted by molar-refractivity contribution is 0.446. The van der Waals surface area contributed by atoms with Crippen molar-refractivity contribution >= 4 is 11.8 Å². The van der Waals surface area contributed by atoms with Gasteiger partial charge in [0, 0.05) is 12.1 Å². The van der Waals surface area contributed by atoms with Crippen LogP contribution in [-0.2, 0) is 6.42 Å². The van der Waals surface area contributed by atoms with Crippen LogP contribution in [0.4, 0.5) is 0 Å². The van der Waals surface area contributed by atoms with Gasteiger partial charge in [0.25, 0.3) is 0 Å². The summed E-state index contributed by atoms with van der Waals surface area (Å²) in [6.45, 7) is 4.50. The first-order valence-corrected chi connectivity index (χ1v) is 7.94. The summed E-state index contributed by atoms with van der Waals surface area (Å²) in [7, 11) is 0. The third-order valence-corrected chi connectivity index (χ3v) is 4.26. The summed E-state index contributed by atoms with van der Waals surface area (Å²) >= 11 is 1.94. The Morgan fingerprint density at radius 2 is 2.29 bits per heavy atom. The maximum Gasteiger partial charge on any atom is 0.0328 e. The Morgan fingerprint density at radius 3 is 3.06 bits per heavy atom. The molecule has 2 unspecified atom stereocenters. The lowest BCUT2D eigenvalue weighted by Crippen LogP contribution is -2.29. The minimum Gasteiger partial charge on any atom is -0.307 e. The fraction of sp³-hybridized carbons (Fsp3) is 0.600. The summed E-state index contributed by atoms with van der Waals surface area (Å²) in [6, 6.07) is 8.11. The lowest BCUT2D eigenvalue weighted by atomic mass is 10.0. The summed E-state index contributed by atoms with van der Waals surface area (Å²) < 4.78 is 0. The molecule has 2 rings (SSSR count). The van der Waals surface area contributed by atoms with E-state index < -0.39 is 0 Å². The van der Waals surface area contributed by atoms with E-state index >= 15 is 0 Å². The molecule has 0 saturated carbocycles. The summed E-state index contributed by atoms with van der Waals surface area (Å²) in [5, 5.41) is 3.78. The Morgan fingerprint density at radius 1 is 1.47 bits per heavy atom. The van der Waals surface area contributed by atoms with Crippen molar-refractivity contribution in [2.45, 2.75) is 45.2 Å². The molecule has 0 radical (unpaired) electrons. The molecule has 17 heavy (non-hydrogen) atoms. The van der Waals surface area contributed by atoms with Gasteiger partial charge >= 0.3 is 0 Å². The smallest absolute Gasteiger partial charge is 0.0328 e. The fourth-order valence-corrected chi connectivity index (χ4v) is 3.21. The molecule has 1 aromatic carbocycles. The molecule has 1 N–H and O–H groups in total. The second-order valence-electron chi connectivity index (χ2n) is 5.14. The van der Waals surface area contributed by atoms with Gasteiger partial charge in [-0.2, -0.15) is 11.8 Å². The molecule has 0 fully saturated rings. The van der Waals surface area contributed by atoms with Crippen LogP contribution in [0.5, 0.6) is 0 Å². The van der Waals surface area contributed by atoms with Gasteiger partial charge in [-0.25, -0.2) is 0 Å². The van der Waals surface area contributed by atoms with Gasteiger partial charge in [-0.3, -0.25) is 0 Å². The third kappa shape index (κ3) is 3.26. The number of aryl methyl sites for hydroxylation is 2. The molecule has 2 heteroatoms. The molecule has 0 heterocycles. The Bertz CT molecular complexity index is 375. The van der Waals surface area contributed by atoms with Crippen LogP contribution in [0.3, 0.4) is 0 Å². The Kier molecular flexibility index (Phi) is 4.52. The zero-order valence-corrected chi connectivity index (χ0v) is 11.9. The molecular formula is C15H23NS. The highest BCUT2D eigenvalue weighted by atomic mass is 32.2. The largest absolute Gasteiger partial charge is 0.307 e. The number of hydrogen-bond acceptors (Lipinski definition) is 2. The highest BCUT2D eigenvalue weighted by Crippen LogP contribution is 2.32. The highest BCUT2D eigenvalue weighted by Gasteiger charge is 2.23. The van der Waals surface area contributed by atoms with Gasteiger partial charge in [0.2, 0.25) is 0 Å². The summed E-state index contributed by atoms with van der Waals surface area (Å²) in [6.07, 6.45) is 5.95. The average molecular weight is 249 g/mol. The fourth-order valence-electron chi connectivity index (χ4n) is 2.62. The Hall–Kier alpha value is -0.470. The van der Waals surface area contributed by atoms with Gasteiger partial charge in [0.15, 0.2) is 0 Å². The topological polar surface area (TPSA) is 12.0 Å². The zero-order chi connectivity index (χ0) is 12.3. The molecule has 94 valence electrons. The standard InChI is InChI=1S/C15H23NS/c1-11-4-5-13-6-7-15(14(13)10-11)16-12(2)8-9-17-3/h4-5,10,12,15-16H,6-9H2,1-3H3. The number of rotatable bonds is 5. The lowest BCUT2D eigenvalue weighted by Gasteiger charge is -2.20. The van der Waals surface area contributed by atoms with E-state index in [9.17, 15) is 0 Å². The van der Waals surface area contributed by atoms with Gasteiger partial charge < -0.3 is 5.32 Å². The van der Waals surface area contributed by atoms with Crippen molar-refractivity contribution in [3.8, 4) is 0 Å². The first kappa shape index (κ1) is 13.0. The maximum absolute atomic E-state index is 3.78. The van der Waals surface area contributed by atoms with E-state index in [4.69, 9.17) is 0 Å². The minimum atomic E-state index is 0.585. The van der Waals surface area contributed by atoms with Crippen molar-refractivity contribution in [2.24, 2.45) is 0 Å². The number of hydrogen-bond donors (Lipinski definition) is 1. The van der Waals surface area contributed by atoms with Crippen LogP contribution in [0.2, 0.25) is 0 Å². The summed E-state index contributed by atoms with van der Waals surface area (Å²) in [4.78, 5) is 0. The van der Waals surface area contributed by atoms with Gasteiger partial charge in [0.05, 0.1) is 0 Å². The van der Waals surface area contributed by atoms with E-state index in [0.717, 1.165) is 0 Å².